The second-order valence-corrected chi connectivity index (χ2v) is 12.6. The van der Waals surface area contributed by atoms with Gasteiger partial charge in [0.2, 0.25) is 0 Å². The summed E-state index contributed by atoms with van der Waals surface area (Å²) in [6, 6.07) is 0. The highest BCUT2D eigenvalue weighted by Crippen LogP contribution is 2.02. The minimum atomic E-state index is -1.61. The van der Waals surface area contributed by atoms with Crippen LogP contribution in [-0.2, 0) is 4.43 Å². The lowest BCUT2D eigenvalue weighted by Gasteiger charge is -2.13. The second-order valence-electron chi connectivity index (χ2n) is 4.21. The fourth-order valence-electron chi connectivity index (χ4n) is 0.389. The van der Waals surface area contributed by atoms with E-state index >= 15 is 0 Å². The molecule has 64 valence electrons. The molecule has 0 aromatic heterocycles. The molecule has 1 nitrogen and oxygen atoms in total. The smallest absolute Gasteiger partial charge is 0.264 e. The van der Waals surface area contributed by atoms with Gasteiger partial charge in [0.05, 0.1) is 0 Å². The van der Waals surface area contributed by atoms with E-state index < -0.39 is 16.4 Å². The molecule has 0 heterocycles. The molecule has 0 fully saturated rings. The highest BCUT2D eigenvalue weighted by molar-refractivity contribution is 6.87. The molecule has 0 unspecified atom stereocenters. The van der Waals surface area contributed by atoms with Crippen LogP contribution in [0.25, 0.3) is 0 Å². The van der Waals surface area contributed by atoms with Crippen molar-refractivity contribution in [2.75, 3.05) is 7.11 Å². The number of hydrogen-bond donors (Lipinski definition) is 0. The monoisotopic (exact) mass is 186 g/mol. The molecule has 0 bridgehead atoms. The summed E-state index contributed by atoms with van der Waals surface area (Å²) in [6.07, 6.45) is 0. The van der Waals surface area contributed by atoms with Gasteiger partial charge in [0.15, 0.2) is 0 Å². The summed E-state index contributed by atoms with van der Waals surface area (Å²) in [5.74, 6) is 0. The molecule has 0 atom stereocenters. The van der Waals surface area contributed by atoms with Crippen LogP contribution in [0.3, 0.4) is 0 Å². The van der Waals surface area contributed by atoms with E-state index in [1.54, 1.807) is 7.11 Å². The molecule has 0 aromatic carbocycles. The van der Waals surface area contributed by atoms with Gasteiger partial charge in [0.1, 0.15) is 8.07 Å². The molecule has 0 rings (SSSR count). The predicted molar refractivity (Wildman–Crippen MR) is 55.6 cm³/mol. The van der Waals surface area contributed by atoms with Gasteiger partial charge in [-0.25, -0.2) is 0 Å². The lowest BCUT2D eigenvalue weighted by Crippen LogP contribution is -2.28. The minimum Gasteiger partial charge on any atom is -0.409 e. The maximum atomic E-state index is 5.32. The molecule has 0 N–H and O–H groups in total. The quantitative estimate of drug-likeness (QED) is 0.451. The predicted octanol–water partition coefficient (Wildman–Crippen LogP) is 2.26. The molecule has 0 aromatic rings. The van der Waals surface area contributed by atoms with E-state index in [1.807, 2.05) is 0 Å². The van der Waals surface area contributed by atoms with Crippen molar-refractivity contribution in [3.63, 3.8) is 0 Å². The van der Waals surface area contributed by atoms with Crippen molar-refractivity contribution < 1.29 is 4.43 Å². The van der Waals surface area contributed by atoms with Crippen LogP contribution in [-0.4, -0.2) is 23.5 Å². The normalized spacial score (nSPS) is 12.2. The number of hydrogen-bond acceptors (Lipinski definition) is 1. The third kappa shape index (κ3) is 6.36. The van der Waals surface area contributed by atoms with E-state index in [9.17, 15) is 0 Å². The summed E-state index contributed by atoms with van der Waals surface area (Å²) in [7, 11) is -1.05. The topological polar surface area (TPSA) is 9.23 Å². The van der Waals surface area contributed by atoms with E-state index in [1.165, 1.54) is 0 Å². The summed E-state index contributed by atoms with van der Waals surface area (Å²) >= 11 is 0. The highest BCUT2D eigenvalue weighted by atomic mass is 28.4. The maximum absolute atomic E-state index is 5.32. The Balaban J connectivity index is 4.29. The molecule has 3 heteroatoms. The fourth-order valence-corrected chi connectivity index (χ4v) is 3.20. The van der Waals surface area contributed by atoms with Crippen LogP contribution >= 0.6 is 0 Å². The lowest BCUT2D eigenvalue weighted by atomic mass is 11.4. The van der Waals surface area contributed by atoms with Gasteiger partial charge < -0.3 is 4.43 Å². The molecule has 0 saturated heterocycles. The van der Waals surface area contributed by atoms with E-state index in [-0.39, 0.29) is 0 Å². The summed E-state index contributed by atoms with van der Waals surface area (Å²) in [4.78, 5) is 0. The highest BCUT2D eigenvalue weighted by Gasteiger charge is 2.18. The molecule has 11 heavy (non-hydrogen) atoms. The van der Waals surface area contributed by atoms with E-state index in [4.69, 9.17) is 4.43 Å². The molecular weight excluding hydrogens is 168 g/mol. The average Bonchev–Trinajstić information content (AvgIpc) is 1.83. The zero-order chi connectivity index (χ0) is 9.12. The second kappa shape index (κ2) is 3.57. The standard InChI is InChI=1S/C8H18OSi2/c1-9-11(5,6)8-7-10(2,3)4/h1-6H3. The Morgan fingerprint density at radius 1 is 0.909 bits per heavy atom. The van der Waals surface area contributed by atoms with Crippen molar-refractivity contribution in [3.8, 4) is 11.1 Å². The summed E-state index contributed by atoms with van der Waals surface area (Å²) in [6.45, 7) is 11.0. The van der Waals surface area contributed by atoms with Crippen molar-refractivity contribution in [1.82, 2.24) is 0 Å². The molecule has 0 aliphatic carbocycles. The molecule has 0 aliphatic heterocycles. The van der Waals surface area contributed by atoms with Crippen molar-refractivity contribution >= 4 is 16.4 Å². The van der Waals surface area contributed by atoms with Gasteiger partial charge in [-0.2, -0.15) is 0 Å². The maximum Gasteiger partial charge on any atom is 0.264 e. The Morgan fingerprint density at radius 3 is 1.64 bits per heavy atom. The first kappa shape index (κ1) is 11.0. The van der Waals surface area contributed by atoms with E-state index in [0.717, 1.165) is 0 Å². The van der Waals surface area contributed by atoms with Crippen LogP contribution in [0.1, 0.15) is 0 Å². The Bertz CT molecular complexity index is 180. The molecule has 0 radical (unpaired) electrons. The largest absolute Gasteiger partial charge is 0.409 e. The van der Waals surface area contributed by atoms with Gasteiger partial charge in [-0.3, -0.25) is 0 Å². The van der Waals surface area contributed by atoms with Gasteiger partial charge >= 0.3 is 0 Å². The van der Waals surface area contributed by atoms with Crippen LogP contribution in [0.5, 0.6) is 0 Å². The minimum absolute atomic E-state index is 1.19. The van der Waals surface area contributed by atoms with Gasteiger partial charge in [0, 0.05) is 7.11 Å². The van der Waals surface area contributed by atoms with Gasteiger partial charge in [-0.1, -0.05) is 19.6 Å². The van der Waals surface area contributed by atoms with Crippen LogP contribution < -0.4 is 0 Å². The Kier molecular flexibility index (Phi) is 3.55. The van der Waals surface area contributed by atoms with Gasteiger partial charge in [0.25, 0.3) is 8.32 Å². The van der Waals surface area contributed by atoms with Crippen LogP contribution in [0.2, 0.25) is 32.7 Å². The zero-order valence-corrected chi connectivity index (χ0v) is 10.4. The summed E-state index contributed by atoms with van der Waals surface area (Å²) < 4.78 is 5.32. The number of rotatable bonds is 1. The van der Waals surface area contributed by atoms with Crippen molar-refractivity contribution in [1.29, 1.82) is 0 Å². The Labute approximate surface area is 72.3 Å². The Hall–Kier alpha value is -0.0462. The average molecular weight is 186 g/mol. The fraction of sp³-hybridized carbons (Fsp3) is 0.750. The molecular formula is C8H18OSi2. The first-order valence-electron chi connectivity index (χ1n) is 3.86. The van der Waals surface area contributed by atoms with Crippen LogP contribution in [0.4, 0.5) is 0 Å². The van der Waals surface area contributed by atoms with Gasteiger partial charge in [-0.05, 0) is 13.1 Å². The molecule has 0 saturated carbocycles. The van der Waals surface area contributed by atoms with Crippen molar-refractivity contribution in [3.05, 3.63) is 0 Å². The first-order valence-corrected chi connectivity index (χ1v) is 10.3. The third-order valence-corrected chi connectivity index (χ3v) is 4.12. The summed E-state index contributed by atoms with van der Waals surface area (Å²) in [5, 5.41) is 0. The third-order valence-electron chi connectivity index (χ3n) is 1.25. The van der Waals surface area contributed by atoms with Crippen molar-refractivity contribution in [2.45, 2.75) is 32.7 Å². The first-order chi connectivity index (χ1) is 4.77. The van der Waals surface area contributed by atoms with Crippen LogP contribution in [0.15, 0.2) is 0 Å². The van der Waals surface area contributed by atoms with Gasteiger partial charge in [-0.15, -0.1) is 11.1 Å². The van der Waals surface area contributed by atoms with Crippen molar-refractivity contribution in [2.24, 2.45) is 0 Å². The van der Waals surface area contributed by atoms with E-state index in [2.05, 4.69) is 43.8 Å². The summed E-state index contributed by atoms with van der Waals surface area (Å²) in [5.41, 5.74) is 6.62. The van der Waals surface area contributed by atoms with Crippen LogP contribution in [0, 0.1) is 11.1 Å². The molecule has 0 amide bonds. The molecule has 0 aliphatic rings. The molecule has 0 spiro atoms. The SMILES string of the molecule is CO[Si](C)(C)C#C[Si](C)(C)C. The zero-order valence-electron chi connectivity index (χ0n) is 8.41. The van der Waals surface area contributed by atoms with E-state index in [0.29, 0.717) is 0 Å². The lowest BCUT2D eigenvalue weighted by molar-refractivity contribution is 0.417. The Morgan fingerprint density at radius 2 is 1.36 bits per heavy atom.